The Hall–Kier alpha value is -2.25. The Kier molecular flexibility index (Phi) is 6.50. The molecule has 0 saturated heterocycles. The van der Waals surface area contributed by atoms with Gasteiger partial charge >= 0.3 is 0 Å². The second-order valence-electron chi connectivity index (χ2n) is 6.19. The molecule has 26 heavy (non-hydrogen) atoms. The number of nitrogens with zero attached hydrogens (tertiary/aromatic N) is 3. The highest BCUT2D eigenvalue weighted by atomic mass is 32.2. The lowest BCUT2D eigenvalue weighted by Crippen LogP contribution is -2.30. The molecule has 0 aliphatic carbocycles. The third kappa shape index (κ3) is 4.47. The Morgan fingerprint density at radius 3 is 2.15 bits per heavy atom. The third-order valence-corrected chi connectivity index (χ3v) is 6.18. The summed E-state index contributed by atoms with van der Waals surface area (Å²) in [5.41, 5.74) is 1.95. The van der Waals surface area contributed by atoms with Gasteiger partial charge in [0.25, 0.3) is 0 Å². The van der Waals surface area contributed by atoms with Crippen molar-refractivity contribution >= 4 is 21.4 Å². The number of hydrogen-bond donors (Lipinski definition) is 1. The average molecular weight is 375 g/mol. The molecule has 140 valence electrons. The molecule has 0 aliphatic rings. The van der Waals surface area contributed by atoms with Gasteiger partial charge in [0.1, 0.15) is 11.4 Å². The molecular weight excluding hydrogens is 350 g/mol. The van der Waals surface area contributed by atoms with E-state index in [4.69, 9.17) is 0 Å². The van der Waals surface area contributed by atoms with Gasteiger partial charge < -0.3 is 5.11 Å². The Morgan fingerprint density at radius 2 is 1.62 bits per heavy atom. The summed E-state index contributed by atoms with van der Waals surface area (Å²) < 4.78 is 26.3. The summed E-state index contributed by atoms with van der Waals surface area (Å²) in [6.45, 7) is 8.57. The molecule has 0 bridgehead atoms. The SMILES string of the molecule is CCN(CC)S(=O)(=O)c1ccc(N=Nc2cc(C(C)C)ccc2O)cc1. The predicted molar refractivity (Wildman–Crippen MR) is 103 cm³/mol. The fourth-order valence-electron chi connectivity index (χ4n) is 2.49. The quantitative estimate of drug-likeness (QED) is 0.694. The van der Waals surface area contributed by atoms with Crippen LogP contribution in [-0.2, 0) is 10.0 Å². The van der Waals surface area contributed by atoms with E-state index >= 15 is 0 Å². The predicted octanol–water partition coefficient (Wildman–Crippen LogP) is 4.96. The van der Waals surface area contributed by atoms with Crippen LogP contribution >= 0.6 is 0 Å². The number of sulfonamides is 1. The van der Waals surface area contributed by atoms with Crippen LogP contribution in [0, 0.1) is 0 Å². The van der Waals surface area contributed by atoms with E-state index in [0.29, 0.717) is 30.4 Å². The topological polar surface area (TPSA) is 82.3 Å². The summed E-state index contributed by atoms with van der Waals surface area (Å²) in [6, 6.07) is 11.5. The van der Waals surface area contributed by atoms with Gasteiger partial charge in [0.2, 0.25) is 10.0 Å². The van der Waals surface area contributed by atoms with Crippen LogP contribution in [0.15, 0.2) is 57.6 Å². The molecule has 0 aliphatic heterocycles. The van der Waals surface area contributed by atoms with Crippen molar-refractivity contribution in [2.24, 2.45) is 10.2 Å². The zero-order valence-corrected chi connectivity index (χ0v) is 16.4. The van der Waals surface area contributed by atoms with Crippen molar-refractivity contribution in [1.29, 1.82) is 0 Å². The number of rotatable bonds is 7. The molecule has 0 unspecified atom stereocenters. The number of benzene rings is 2. The highest BCUT2D eigenvalue weighted by Crippen LogP contribution is 2.31. The van der Waals surface area contributed by atoms with Crippen molar-refractivity contribution in [3.05, 3.63) is 48.0 Å². The molecule has 0 heterocycles. The maximum atomic E-state index is 12.5. The molecular formula is C19H25N3O3S. The molecule has 2 rings (SSSR count). The van der Waals surface area contributed by atoms with Crippen LogP contribution in [0.1, 0.15) is 39.2 Å². The van der Waals surface area contributed by atoms with E-state index in [2.05, 4.69) is 24.1 Å². The second-order valence-corrected chi connectivity index (χ2v) is 8.12. The zero-order chi connectivity index (χ0) is 19.3. The van der Waals surface area contributed by atoms with Crippen molar-refractivity contribution in [1.82, 2.24) is 4.31 Å². The molecule has 0 atom stereocenters. The molecule has 0 saturated carbocycles. The van der Waals surface area contributed by atoms with E-state index in [1.54, 1.807) is 38.1 Å². The van der Waals surface area contributed by atoms with E-state index in [9.17, 15) is 13.5 Å². The van der Waals surface area contributed by atoms with Crippen LogP contribution in [0.25, 0.3) is 0 Å². The van der Waals surface area contributed by atoms with E-state index < -0.39 is 10.0 Å². The molecule has 0 aromatic heterocycles. The van der Waals surface area contributed by atoms with Crippen LogP contribution in [-0.4, -0.2) is 30.9 Å². The molecule has 2 aromatic rings. The number of azo groups is 1. The van der Waals surface area contributed by atoms with Crippen LogP contribution in [0.4, 0.5) is 11.4 Å². The summed E-state index contributed by atoms with van der Waals surface area (Å²) in [5, 5.41) is 18.1. The Balaban J connectivity index is 2.25. The van der Waals surface area contributed by atoms with Crippen molar-refractivity contribution < 1.29 is 13.5 Å². The standard InChI is InChI=1S/C19H25N3O3S/c1-5-22(6-2)26(24,25)17-10-8-16(9-11-17)20-21-18-13-15(14(3)4)7-12-19(18)23/h7-14,23H,5-6H2,1-4H3. The van der Waals surface area contributed by atoms with E-state index in [-0.39, 0.29) is 10.6 Å². The molecule has 0 fully saturated rings. The minimum absolute atomic E-state index is 0.0545. The van der Waals surface area contributed by atoms with Crippen LogP contribution < -0.4 is 0 Å². The van der Waals surface area contributed by atoms with Crippen molar-refractivity contribution in [3.63, 3.8) is 0 Å². The average Bonchev–Trinajstić information content (AvgIpc) is 2.62. The first kappa shape index (κ1) is 20.1. The largest absolute Gasteiger partial charge is 0.506 e. The number of phenols is 1. The lowest BCUT2D eigenvalue weighted by Gasteiger charge is -2.18. The Morgan fingerprint density at radius 1 is 1.00 bits per heavy atom. The first-order valence-electron chi connectivity index (χ1n) is 8.64. The van der Waals surface area contributed by atoms with Crippen molar-refractivity contribution in [2.45, 2.75) is 38.5 Å². The highest BCUT2D eigenvalue weighted by Gasteiger charge is 2.21. The first-order valence-corrected chi connectivity index (χ1v) is 10.1. The van der Waals surface area contributed by atoms with Gasteiger partial charge in [-0.2, -0.15) is 9.42 Å². The van der Waals surface area contributed by atoms with Gasteiger partial charge in [0, 0.05) is 13.1 Å². The normalized spacial score (nSPS) is 12.4. The van der Waals surface area contributed by atoms with E-state index in [0.717, 1.165) is 5.56 Å². The van der Waals surface area contributed by atoms with Gasteiger partial charge in [0.05, 0.1) is 10.6 Å². The minimum Gasteiger partial charge on any atom is -0.506 e. The lowest BCUT2D eigenvalue weighted by atomic mass is 10.0. The lowest BCUT2D eigenvalue weighted by molar-refractivity contribution is 0.445. The molecule has 6 nitrogen and oxygen atoms in total. The monoisotopic (exact) mass is 375 g/mol. The summed E-state index contributed by atoms with van der Waals surface area (Å²) in [7, 11) is -3.49. The van der Waals surface area contributed by atoms with Crippen molar-refractivity contribution in [2.75, 3.05) is 13.1 Å². The Bertz CT molecular complexity index is 871. The fourth-order valence-corrected chi connectivity index (χ4v) is 3.95. The summed E-state index contributed by atoms with van der Waals surface area (Å²) in [6.07, 6.45) is 0. The van der Waals surface area contributed by atoms with Gasteiger partial charge in [-0.05, 0) is 47.9 Å². The van der Waals surface area contributed by atoms with Crippen LogP contribution in [0.2, 0.25) is 0 Å². The molecule has 2 aromatic carbocycles. The third-order valence-electron chi connectivity index (χ3n) is 4.12. The van der Waals surface area contributed by atoms with Gasteiger partial charge in [-0.3, -0.25) is 0 Å². The molecule has 0 radical (unpaired) electrons. The maximum absolute atomic E-state index is 12.5. The van der Waals surface area contributed by atoms with Gasteiger partial charge in [-0.15, -0.1) is 5.11 Å². The van der Waals surface area contributed by atoms with Gasteiger partial charge in [-0.1, -0.05) is 33.8 Å². The van der Waals surface area contributed by atoms with Crippen LogP contribution in [0.5, 0.6) is 5.75 Å². The maximum Gasteiger partial charge on any atom is 0.243 e. The van der Waals surface area contributed by atoms with Gasteiger partial charge in [-0.25, -0.2) is 8.42 Å². The molecule has 0 amide bonds. The molecule has 7 heteroatoms. The zero-order valence-electron chi connectivity index (χ0n) is 15.5. The summed E-state index contributed by atoms with van der Waals surface area (Å²) in [4.78, 5) is 0.227. The molecule has 0 spiro atoms. The first-order chi connectivity index (χ1) is 12.3. The smallest absolute Gasteiger partial charge is 0.243 e. The number of hydrogen-bond acceptors (Lipinski definition) is 5. The van der Waals surface area contributed by atoms with E-state index in [1.807, 2.05) is 6.07 Å². The summed E-state index contributed by atoms with van der Waals surface area (Å²) >= 11 is 0. The Labute approximate surface area is 155 Å². The van der Waals surface area contributed by atoms with Crippen molar-refractivity contribution in [3.8, 4) is 5.75 Å². The number of phenolic OH excluding ortho intramolecular Hbond substituents is 1. The second kappa shape index (κ2) is 8.42. The van der Waals surface area contributed by atoms with Crippen LogP contribution in [0.3, 0.4) is 0 Å². The minimum atomic E-state index is -3.49. The molecule has 1 N–H and O–H groups in total. The highest BCUT2D eigenvalue weighted by molar-refractivity contribution is 7.89. The summed E-state index contributed by atoms with van der Waals surface area (Å²) in [5.74, 6) is 0.369. The number of aromatic hydroxyl groups is 1. The van der Waals surface area contributed by atoms with Gasteiger partial charge in [0.15, 0.2) is 0 Å². The fraction of sp³-hybridized carbons (Fsp3) is 0.368. The van der Waals surface area contributed by atoms with E-state index in [1.165, 1.54) is 16.4 Å².